The van der Waals surface area contributed by atoms with Crippen molar-refractivity contribution in [2.75, 3.05) is 7.05 Å². The van der Waals surface area contributed by atoms with Crippen LogP contribution in [-0.4, -0.2) is 18.1 Å². The average Bonchev–Trinajstić information content (AvgIpc) is 2.34. The highest BCUT2D eigenvalue weighted by Gasteiger charge is 2.16. The molecule has 1 saturated carbocycles. The number of rotatable bonds is 4. The Bertz CT molecular complexity index is 256. The molecular weight excluding hydrogens is 198 g/mol. The first-order chi connectivity index (χ1) is 7.84. The van der Waals surface area contributed by atoms with Crippen LogP contribution in [-0.2, 0) is 0 Å². The molecule has 3 nitrogen and oxygen atoms in total. The molecule has 3 heteroatoms. The van der Waals surface area contributed by atoms with Crippen LogP contribution >= 0.6 is 0 Å². The Labute approximate surface area is 99.3 Å². The van der Waals surface area contributed by atoms with Gasteiger partial charge in [0.25, 0.3) is 0 Å². The Morgan fingerprint density at radius 1 is 1.25 bits per heavy atom. The summed E-state index contributed by atoms with van der Waals surface area (Å²) in [4.78, 5) is 0. The fraction of sp³-hybridized carbons (Fsp3) is 0.846. The zero-order valence-corrected chi connectivity index (χ0v) is 10.6. The molecule has 16 heavy (non-hydrogen) atoms. The van der Waals surface area contributed by atoms with Crippen LogP contribution in [0.3, 0.4) is 0 Å². The Balaban J connectivity index is 2.22. The topological polar surface area (TPSA) is 28.0 Å². The second-order valence-electron chi connectivity index (χ2n) is 4.45. The lowest BCUT2D eigenvalue weighted by Gasteiger charge is -2.27. The SMILES string of the molecule is CCCCC#CN=NN(C)C1CCCCC1. The van der Waals surface area contributed by atoms with E-state index in [-0.39, 0.29) is 0 Å². The van der Waals surface area contributed by atoms with Crippen molar-refractivity contribution in [3.05, 3.63) is 0 Å². The van der Waals surface area contributed by atoms with Crippen LogP contribution in [0.25, 0.3) is 0 Å². The van der Waals surface area contributed by atoms with Gasteiger partial charge in [0.1, 0.15) is 0 Å². The summed E-state index contributed by atoms with van der Waals surface area (Å²) in [5, 5.41) is 10.0. The quantitative estimate of drug-likeness (QED) is 0.307. The first-order valence-corrected chi connectivity index (χ1v) is 6.46. The van der Waals surface area contributed by atoms with Crippen LogP contribution in [0.5, 0.6) is 0 Å². The van der Waals surface area contributed by atoms with Gasteiger partial charge >= 0.3 is 0 Å². The first kappa shape index (κ1) is 13.0. The summed E-state index contributed by atoms with van der Waals surface area (Å²) in [5.41, 5.74) is 0. The van der Waals surface area contributed by atoms with Gasteiger partial charge in [0.2, 0.25) is 0 Å². The van der Waals surface area contributed by atoms with Crippen molar-refractivity contribution in [1.82, 2.24) is 5.01 Å². The molecule has 0 radical (unpaired) electrons. The molecule has 0 aromatic rings. The van der Waals surface area contributed by atoms with E-state index in [4.69, 9.17) is 0 Å². The van der Waals surface area contributed by atoms with Gasteiger partial charge in [0.05, 0.1) is 6.04 Å². The summed E-state index contributed by atoms with van der Waals surface area (Å²) in [7, 11) is 2.01. The van der Waals surface area contributed by atoms with Gasteiger partial charge in [-0.3, -0.25) is 5.01 Å². The zero-order valence-electron chi connectivity index (χ0n) is 10.6. The molecule has 0 aromatic carbocycles. The Hall–Kier alpha value is -1.04. The zero-order chi connectivity index (χ0) is 11.6. The highest BCUT2D eigenvalue weighted by Crippen LogP contribution is 2.21. The van der Waals surface area contributed by atoms with Gasteiger partial charge in [-0.1, -0.05) is 48.9 Å². The van der Waals surface area contributed by atoms with E-state index < -0.39 is 0 Å². The summed E-state index contributed by atoms with van der Waals surface area (Å²) >= 11 is 0. The molecular formula is C13H23N3. The van der Waals surface area contributed by atoms with Crippen LogP contribution in [0.4, 0.5) is 0 Å². The minimum absolute atomic E-state index is 0.579. The first-order valence-electron chi connectivity index (χ1n) is 6.46. The highest BCUT2D eigenvalue weighted by molar-refractivity contribution is 4.95. The Morgan fingerprint density at radius 3 is 2.69 bits per heavy atom. The van der Waals surface area contributed by atoms with Crippen LogP contribution in [0.15, 0.2) is 10.3 Å². The standard InChI is InChI=1S/C13H23N3/c1-3-4-5-9-12-14-15-16(2)13-10-7-6-8-11-13/h13H,3-8,10-11H2,1-2H3. The van der Waals surface area contributed by atoms with E-state index >= 15 is 0 Å². The van der Waals surface area contributed by atoms with Crippen molar-refractivity contribution in [3.63, 3.8) is 0 Å². The van der Waals surface area contributed by atoms with Gasteiger partial charge in [-0.15, -0.1) is 0 Å². The molecule has 0 spiro atoms. The Morgan fingerprint density at radius 2 is 2.00 bits per heavy atom. The molecule has 1 aliphatic rings. The Kier molecular flexibility index (Phi) is 6.64. The number of nitrogens with zero attached hydrogens (tertiary/aromatic N) is 3. The van der Waals surface area contributed by atoms with E-state index in [2.05, 4.69) is 29.2 Å². The molecule has 0 bridgehead atoms. The van der Waals surface area contributed by atoms with E-state index in [0.29, 0.717) is 6.04 Å². The van der Waals surface area contributed by atoms with Crippen LogP contribution in [0.2, 0.25) is 0 Å². The van der Waals surface area contributed by atoms with Gasteiger partial charge in [-0.2, -0.15) is 0 Å². The monoisotopic (exact) mass is 221 g/mol. The van der Waals surface area contributed by atoms with Crippen LogP contribution in [0.1, 0.15) is 58.3 Å². The maximum atomic E-state index is 4.13. The van der Waals surface area contributed by atoms with Crippen LogP contribution in [0, 0.1) is 12.0 Å². The third-order valence-electron chi connectivity index (χ3n) is 3.07. The maximum Gasteiger partial charge on any atom is 0.0593 e. The molecule has 1 aliphatic carbocycles. The van der Waals surface area contributed by atoms with Crippen molar-refractivity contribution in [1.29, 1.82) is 0 Å². The van der Waals surface area contributed by atoms with Crippen LogP contribution < -0.4 is 0 Å². The number of hydrogen-bond acceptors (Lipinski definition) is 2. The van der Waals surface area contributed by atoms with E-state index in [9.17, 15) is 0 Å². The largest absolute Gasteiger partial charge is 0.278 e. The average molecular weight is 221 g/mol. The van der Waals surface area contributed by atoms with Gasteiger partial charge in [0, 0.05) is 19.5 Å². The molecule has 0 amide bonds. The van der Waals surface area contributed by atoms with E-state index in [1.54, 1.807) is 0 Å². The molecule has 0 unspecified atom stereocenters. The van der Waals surface area contributed by atoms with Crippen molar-refractivity contribution in [2.24, 2.45) is 10.3 Å². The second kappa shape index (κ2) is 8.15. The predicted octanol–water partition coefficient (Wildman–Crippen LogP) is 3.77. The molecule has 0 aliphatic heterocycles. The normalized spacial score (nSPS) is 17.1. The van der Waals surface area contributed by atoms with Gasteiger partial charge in [0.15, 0.2) is 0 Å². The van der Waals surface area contributed by atoms with Crippen molar-refractivity contribution in [3.8, 4) is 12.0 Å². The van der Waals surface area contributed by atoms with Gasteiger partial charge in [-0.25, -0.2) is 0 Å². The maximum absolute atomic E-state index is 4.13. The van der Waals surface area contributed by atoms with E-state index in [1.807, 2.05) is 12.1 Å². The van der Waals surface area contributed by atoms with Crippen molar-refractivity contribution in [2.45, 2.75) is 64.3 Å². The molecule has 0 N–H and O–H groups in total. The fourth-order valence-corrected chi connectivity index (χ4v) is 1.98. The molecule has 90 valence electrons. The summed E-state index contributed by atoms with van der Waals surface area (Å²) in [6.45, 7) is 2.17. The summed E-state index contributed by atoms with van der Waals surface area (Å²) < 4.78 is 0. The van der Waals surface area contributed by atoms with Gasteiger partial charge in [-0.05, 0) is 19.3 Å². The molecule has 0 aromatic heterocycles. The second-order valence-corrected chi connectivity index (χ2v) is 4.45. The lowest BCUT2D eigenvalue weighted by atomic mass is 9.95. The lowest BCUT2D eigenvalue weighted by molar-refractivity contribution is 0.188. The summed E-state index contributed by atoms with van der Waals surface area (Å²) in [5.74, 6) is 3.01. The third kappa shape index (κ3) is 5.16. The number of unbranched alkanes of at least 4 members (excludes halogenated alkanes) is 2. The van der Waals surface area contributed by atoms with E-state index in [1.165, 1.54) is 38.5 Å². The highest BCUT2D eigenvalue weighted by atomic mass is 15.5. The molecule has 0 atom stereocenters. The molecule has 0 heterocycles. The van der Waals surface area contributed by atoms with E-state index in [0.717, 1.165) is 12.8 Å². The smallest absolute Gasteiger partial charge is 0.0593 e. The minimum Gasteiger partial charge on any atom is -0.278 e. The molecule has 1 fully saturated rings. The number of hydrogen-bond donors (Lipinski definition) is 0. The summed E-state index contributed by atoms with van der Waals surface area (Å²) in [6.07, 6.45) is 9.80. The van der Waals surface area contributed by atoms with Gasteiger partial charge < -0.3 is 0 Å². The lowest BCUT2D eigenvalue weighted by Crippen LogP contribution is -2.28. The minimum atomic E-state index is 0.579. The third-order valence-corrected chi connectivity index (χ3v) is 3.07. The predicted molar refractivity (Wildman–Crippen MR) is 66.8 cm³/mol. The van der Waals surface area contributed by atoms with Crippen molar-refractivity contribution < 1.29 is 0 Å². The van der Waals surface area contributed by atoms with Crippen molar-refractivity contribution >= 4 is 0 Å². The molecule has 1 rings (SSSR count). The molecule has 0 saturated heterocycles. The fourth-order valence-electron chi connectivity index (χ4n) is 1.98. The summed E-state index contributed by atoms with van der Waals surface area (Å²) in [6, 6.07) is 3.34.